The summed E-state index contributed by atoms with van der Waals surface area (Å²) in [4.78, 5) is 2.28. The molecule has 0 saturated carbocycles. The van der Waals surface area contributed by atoms with E-state index in [0.29, 0.717) is 0 Å². The van der Waals surface area contributed by atoms with Gasteiger partial charge in [-0.25, -0.2) is 13.1 Å². The fourth-order valence-electron chi connectivity index (χ4n) is 2.09. The normalized spacial score (nSPS) is 13.3. The van der Waals surface area contributed by atoms with Gasteiger partial charge >= 0.3 is 0 Å². The van der Waals surface area contributed by atoms with Crippen LogP contribution in [0.15, 0.2) is 29.2 Å². The second kappa shape index (κ2) is 5.79. The lowest BCUT2D eigenvalue weighted by molar-refractivity contribution is 0.569. The molecule has 0 spiro atoms. The molecule has 0 saturated heterocycles. The van der Waals surface area contributed by atoms with Crippen LogP contribution in [-0.4, -0.2) is 8.42 Å². The Morgan fingerprint density at radius 2 is 1.76 bits per heavy atom. The van der Waals surface area contributed by atoms with Gasteiger partial charge in [0.1, 0.15) is 4.90 Å². The molecule has 1 unspecified atom stereocenters. The first-order chi connectivity index (χ1) is 9.70. The Morgan fingerprint density at radius 3 is 2.33 bits per heavy atom. The number of benzene rings is 1. The van der Waals surface area contributed by atoms with Gasteiger partial charge in [0.15, 0.2) is 0 Å². The topological polar surface area (TPSA) is 72.2 Å². The van der Waals surface area contributed by atoms with Gasteiger partial charge in [0.25, 0.3) is 0 Å². The zero-order chi connectivity index (χ0) is 15.8. The second-order valence-corrected chi connectivity index (χ2v) is 8.27. The highest BCUT2D eigenvalue weighted by atomic mass is 32.2. The molecule has 2 rings (SSSR count). The third kappa shape index (κ3) is 3.45. The van der Waals surface area contributed by atoms with E-state index < -0.39 is 10.0 Å². The molecule has 6 heteroatoms. The maximum absolute atomic E-state index is 12.5. The molecular weight excluding hydrogens is 304 g/mol. The molecule has 0 aliphatic rings. The first-order valence-electron chi connectivity index (χ1n) is 6.66. The monoisotopic (exact) mass is 324 g/mol. The molecule has 1 heterocycles. The van der Waals surface area contributed by atoms with Gasteiger partial charge in [-0.1, -0.05) is 0 Å². The Kier molecular flexibility index (Phi) is 4.41. The van der Waals surface area contributed by atoms with E-state index in [1.807, 2.05) is 39.8 Å². The zero-order valence-electron chi connectivity index (χ0n) is 12.6. The minimum absolute atomic E-state index is 0.144. The van der Waals surface area contributed by atoms with Gasteiger partial charge in [-0.2, -0.15) is 0 Å². The van der Waals surface area contributed by atoms with E-state index in [0.717, 1.165) is 20.9 Å². The van der Waals surface area contributed by atoms with Crippen LogP contribution in [0, 0.1) is 20.8 Å². The summed E-state index contributed by atoms with van der Waals surface area (Å²) in [5.74, 6) is 0. The average Bonchev–Trinajstić information content (AvgIpc) is 2.80. The number of hydrogen-bond donors (Lipinski definition) is 2. The molecule has 0 aliphatic carbocycles. The van der Waals surface area contributed by atoms with Crippen LogP contribution >= 0.6 is 11.3 Å². The van der Waals surface area contributed by atoms with Crippen molar-refractivity contribution < 1.29 is 8.42 Å². The summed E-state index contributed by atoms with van der Waals surface area (Å²) >= 11 is 1.58. The number of sulfonamides is 1. The van der Waals surface area contributed by atoms with Gasteiger partial charge in [-0.15, -0.1) is 11.3 Å². The number of anilines is 1. The summed E-state index contributed by atoms with van der Waals surface area (Å²) < 4.78 is 27.7. The van der Waals surface area contributed by atoms with Crippen LogP contribution in [0.1, 0.15) is 33.8 Å². The predicted octanol–water partition coefficient (Wildman–Crippen LogP) is 3.30. The molecule has 1 aromatic heterocycles. The zero-order valence-corrected chi connectivity index (χ0v) is 14.2. The van der Waals surface area contributed by atoms with Crippen molar-refractivity contribution in [2.24, 2.45) is 0 Å². The molecule has 0 bridgehead atoms. The number of aryl methyl sites for hydroxylation is 3. The van der Waals surface area contributed by atoms with E-state index >= 15 is 0 Å². The lowest BCUT2D eigenvalue weighted by Gasteiger charge is -2.15. The average molecular weight is 324 g/mol. The van der Waals surface area contributed by atoms with Gasteiger partial charge in [-0.05, 0) is 63.1 Å². The lowest BCUT2D eigenvalue weighted by atomic mass is 10.1. The predicted molar refractivity (Wildman–Crippen MR) is 88.1 cm³/mol. The van der Waals surface area contributed by atoms with E-state index in [2.05, 4.69) is 4.72 Å². The van der Waals surface area contributed by atoms with E-state index in [-0.39, 0.29) is 16.6 Å². The minimum atomic E-state index is -3.64. The molecule has 0 amide bonds. The van der Waals surface area contributed by atoms with Crippen molar-refractivity contribution in [2.75, 3.05) is 5.73 Å². The number of nitrogens with two attached hydrogens (primary N) is 1. The summed E-state index contributed by atoms with van der Waals surface area (Å²) in [6.45, 7) is 7.61. The van der Waals surface area contributed by atoms with Gasteiger partial charge < -0.3 is 5.73 Å². The van der Waals surface area contributed by atoms with Gasteiger partial charge in [0.2, 0.25) is 10.0 Å². The third-order valence-electron chi connectivity index (χ3n) is 3.44. The van der Waals surface area contributed by atoms with E-state index in [4.69, 9.17) is 5.73 Å². The van der Waals surface area contributed by atoms with Crippen LogP contribution in [0.25, 0.3) is 0 Å². The fraction of sp³-hybridized carbons (Fsp3) is 0.333. The quantitative estimate of drug-likeness (QED) is 0.848. The summed E-state index contributed by atoms with van der Waals surface area (Å²) in [6.07, 6.45) is 0. The molecule has 1 aromatic carbocycles. The van der Waals surface area contributed by atoms with Gasteiger partial charge in [0.05, 0.1) is 11.7 Å². The highest BCUT2D eigenvalue weighted by Crippen LogP contribution is 2.27. The lowest BCUT2D eigenvalue weighted by Crippen LogP contribution is -2.27. The first-order valence-corrected chi connectivity index (χ1v) is 8.96. The number of rotatable bonds is 4. The Morgan fingerprint density at radius 1 is 1.14 bits per heavy atom. The van der Waals surface area contributed by atoms with Crippen molar-refractivity contribution in [1.82, 2.24) is 4.72 Å². The number of nitrogen functional groups attached to an aromatic ring is 1. The van der Waals surface area contributed by atoms with Crippen molar-refractivity contribution in [3.05, 3.63) is 45.1 Å². The van der Waals surface area contributed by atoms with Gasteiger partial charge in [-0.3, -0.25) is 0 Å². The summed E-state index contributed by atoms with van der Waals surface area (Å²) in [5, 5.41) is 0. The standard InChI is InChI=1S/C15H20N2O2S2/c1-9-7-13(16)15(8-10(9)2)21(18,19)17-12(4)14-6-5-11(3)20-14/h5-8,12,17H,16H2,1-4H3. The number of hydrogen-bond acceptors (Lipinski definition) is 4. The number of nitrogens with one attached hydrogen (secondary N) is 1. The molecule has 2 aromatic rings. The van der Waals surface area contributed by atoms with Crippen LogP contribution in [-0.2, 0) is 10.0 Å². The van der Waals surface area contributed by atoms with Crippen LogP contribution in [0.3, 0.4) is 0 Å². The summed E-state index contributed by atoms with van der Waals surface area (Å²) in [7, 11) is -3.64. The minimum Gasteiger partial charge on any atom is -0.398 e. The van der Waals surface area contributed by atoms with Crippen molar-refractivity contribution in [2.45, 2.75) is 38.6 Å². The van der Waals surface area contributed by atoms with Crippen molar-refractivity contribution in [3.8, 4) is 0 Å². The van der Waals surface area contributed by atoms with E-state index in [9.17, 15) is 8.42 Å². The molecule has 3 N–H and O–H groups in total. The van der Waals surface area contributed by atoms with E-state index in [1.165, 1.54) is 0 Å². The van der Waals surface area contributed by atoms with Crippen molar-refractivity contribution >= 4 is 27.0 Å². The van der Waals surface area contributed by atoms with Gasteiger partial charge in [0, 0.05) is 9.75 Å². The number of thiophene rings is 1. The van der Waals surface area contributed by atoms with Crippen LogP contribution in [0.5, 0.6) is 0 Å². The molecular formula is C15H20N2O2S2. The maximum Gasteiger partial charge on any atom is 0.243 e. The fourth-order valence-corrected chi connectivity index (χ4v) is 4.46. The molecule has 114 valence electrons. The highest BCUT2D eigenvalue weighted by Gasteiger charge is 2.22. The molecule has 4 nitrogen and oxygen atoms in total. The van der Waals surface area contributed by atoms with Crippen LogP contribution in [0.4, 0.5) is 5.69 Å². The Labute approximate surface area is 130 Å². The molecule has 0 fully saturated rings. The molecule has 1 atom stereocenters. The maximum atomic E-state index is 12.5. The highest BCUT2D eigenvalue weighted by molar-refractivity contribution is 7.89. The Balaban J connectivity index is 2.32. The molecule has 0 aliphatic heterocycles. The second-order valence-electron chi connectivity index (χ2n) is 5.27. The largest absolute Gasteiger partial charge is 0.398 e. The third-order valence-corrected chi connectivity index (χ3v) is 6.22. The molecule has 0 radical (unpaired) electrons. The molecule has 21 heavy (non-hydrogen) atoms. The van der Waals surface area contributed by atoms with E-state index in [1.54, 1.807) is 23.5 Å². The SMILES string of the molecule is Cc1ccc(C(C)NS(=O)(=O)c2cc(C)c(C)cc2N)s1. The van der Waals surface area contributed by atoms with Crippen molar-refractivity contribution in [1.29, 1.82) is 0 Å². The van der Waals surface area contributed by atoms with Crippen LogP contribution < -0.4 is 10.5 Å². The smallest absolute Gasteiger partial charge is 0.243 e. The Hall–Kier alpha value is -1.37. The van der Waals surface area contributed by atoms with Crippen LogP contribution in [0.2, 0.25) is 0 Å². The first kappa shape index (κ1) is 16.0. The summed E-state index contributed by atoms with van der Waals surface area (Å²) in [6, 6.07) is 6.96. The summed E-state index contributed by atoms with van der Waals surface area (Å²) in [5.41, 5.74) is 8.04. The Bertz CT molecular complexity index is 764. The van der Waals surface area contributed by atoms with Crippen molar-refractivity contribution in [3.63, 3.8) is 0 Å².